The second-order valence-corrected chi connectivity index (χ2v) is 4.20. The van der Waals surface area contributed by atoms with Crippen LogP contribution in [0.15, 0.2) is 18.2 Å². The minimum atomic E-state index is -0.492. The van der Waals surface area contributed by atoms with Crippen LogP contribution in [0.2, 0.25) is 0 Å². The van der Waals surface area contributed by atoms with E-state index in [1.165, 1.54) is 12.1 Å². The molecule has 17 heavy (non-hydrogen) atoms. The molecule has 1 unspecified atom stereocenters. The van der Waals surface area contributed by atoms with E-state index >= 15 is 0 Å². The third-order valence-corrected chi connectivity index (χ3v) is 2.52. The maximum atomic E-state index is 13.1. The molecule has 0 amide bonds. The van der Waals surface area contributed by atoms with E-state index in [2.05, 4.69) is 11.2 Å². The van der Waals surface area contributed by atoms with E-state index in [9.17, 15) is 4.39 Å². The van der Waals surface area contributed by atoms with Crippen molar-refractivity contribution < 1.29 is 4.39 Å². The van der Waals surface area contributed by atoms with Gasteiger partial charge in [0.25, 0.3) is 0 Å². The average Bonchev–Trinajstić information content (AvgIpc) is 2.31. The lowest BCUT2D eigenvalue weighted by molar-refractivity contribution is 0.475. The predicted octanol–water partition coefficient (Wildman–Crippen LogP) is 2.44. The van der Waals surface area contributed by atoms with Crippen molar-refractivity contribution in [3.05, 3.63) is 35.1 Å². The first-order valence-electron chi connectivity index (χ1n) is 5.46. The molecule has 0 fully saturated rings. The summed E-state index contributed by atoms with van der Waals surface area (Å²) in [6.07, 6.45) is 5.39. The van der Waals surface area contributed by atoms with Gasteiger partial charge < -0.3 is 0 Å². The summed E-state index contributed by atoms with van der Waals surface area (Å²) in [4.78, 5) is 0. The summed E-state index contributed by atoms with van der Waals surface area (Å²) in [6, 6.07) is 6.28. The predicted molar refractivity (Wildman–Crippen MR) is 65.4 cm³/mol. The van der Waals surface area contributed by atoms with Crippen LogP contribution >= 0.6 is 0 Å². The minimum Gasteiger partial charge on any atom is -0.299 e. The first-order chi connectivity index (χ1) is 8.08. The molecule has 88 valence electrons. The summed E-state index contributed by atoms with van der Waals surface area (Å²) in [5, 5.41) is 11.9. The fraction of sp³-hybridized carbons (Fsp3) is 0.357. The average molecular weight is 230 g/mol. The Labute approximate surface area is 101 Å². The molecule has 2 nitrogen and oxygen atoms in total. The van der Waals surface area contributed by atoms with Gasteiger partial charge in [-0.15, -0.1) is 6.42 Å². The van der Waals surface area contributed by atoms with E-state index < -0.39 is 5.82 Å². The Morgan fingerprint density at radius 1 is 1.47 bits per heavy atom. The lowest BCUT2D eigenvalue weighted by atomic mass is 10.0. The van der Waals surface area contributed by atoms with Crippen molar-refractivity contribution in [1.82, 2.24) is 5.32 Å². The van der Waals surface area contributed by atoms with Crippen molar-refractivity contribution in [2.45, 2.75) is 26.4 Å². The Kier molecular flexibility index (Phi) is 4.69. The normalized spacial score (nSPS) is 11.9. The Bertz CT molecular complexity index is 466. The molecule has 0 aliphatic rings. The molecule has 0 aromatic heterocycles. The van der Waals surface area contributed by atoms with Gasteiger partial charge in [-0.1, -0.05) is 25.8 Å². The van der Waals surface area contributed by atoms with Crippen LogP contribution in [0.1, 0.15) is 25.0 Å². The molecule has 1 N–H and O–H groups in total. The zero-order valence-electron chi connectivity index (χ0n) is 10.00. The van der Waals surface area contributed by atoms with Gasteiger partial charge in [-0.05, 0) is 23.6 Å². The number of hydrogen-bond acceptors (Lipinski definition) is 2. The highest BCUT2D eigenvalue weighted by Crippen LogP contribution is 2.10. The van der Waals surface area contributed by atoms with Gasteiger partial charge in [0.1, 0.15) is 11.9 Å². The van der Waals surface area contributed by atoms with Crippen LogP contribution in [0.5, 0.6) is 0 Å². The largest absolute Gasteiger partial charge is 0.299 e. The van der Waals surface area contributed by atoms with Crippen molar-refractivity contribution in [2.75, 3.05) is 0 Å². The van der Waals surface area contributed by atoms with Crippen molar-refractivity contribution in [3.8, 4) is 18.4 Å². The smallest absolute Gasteiger partial charge is 0.140 e. The van der Waals surface area contributed by atoms with Crippen LogP contribution in [-0.2, 0) is 6.54 Å². The van der Waals surface area contributed by atoms with Crippen LogP contribution in [0.25, 0.3) is 0 Å². The highest BCUT2D eigenvalue weighted by Gasteiger charge is 2.09. The minimum absolute atomic E-state index is 0.0226. The van der Waals surface area contributed by atoms with Gasteiger partial charge in [-0.25, -0.2) is 4.39 Å². The summed E-state index contributed by atoms with van der Waals surface area (Å²) in [5.41, 5.74) is 0.912. The summed E-state index contributed by atoms with van der Waals surface area (Å²) >= 11 is 0. The molecule has 0 spiro atoms. The number of nitriles is 1. The molecule has 0 saturated carbocycles. The molecule has 0 aliphatic carbocycles. The van der Waals surface area contributed by atoms with Gasteiger partial charge in [0.15, 0.2) is 0 Å². The van der Waals surface area contributed by atoms with E-state index in [4.69, 9.17) is 11.7 Å². The van der Waals surface area contributed by atoms with Gasteiger partial charge in [-0.3, -0.25) is 5.32 Å². The lowest BCUT2D eigenvalue weighted by Crippen LogP contribution is -2.31. The molecule has 0 bridgehead atoms. The van der Waals surface area contributed by atoms with E-state index in [0.29, 0.717) is 12.5 Å². The number of hydrogen-bond donors (Lipinski definition) is 1. The number of nitrogens with one attached hydrogen (secondary N) is 1. The number of terminal acetylenes is 1. The van der Waals surface area contributed by atoms with Crippen LogP contribution in [0.4, 0.5) is 4.39 Å². The molecule has 1 atom stereocenters. The maximum Gasteiger partial charge on any atom is 0.140 e. The Balaban J connectivity index is 2.71. The number of rotatable bonds is 4. The van der Waals surface area contributed by atoms with Gasteiger partial charge in [0, 0.05) is 6.54 Å². The topological polar surface area (TPSA) is 35.8 Å². The third-order valence-electron chi connectivity index (χ3n) is 2.52. The van der Waals surface area contributed by atoms with Gasteiger partial charge in [0.2, 0.25) is 0 Å². The fourth-order valence-corrected chi connectivity index (χ4v) is 1.48. The molecular formula is C14H15FN2. The quantitative estimate of drug-likeness (QED) is 0.806. The van der Waals surface area contributed by atoms with Gasteiger partial charge in [-0.2, -0.15) is 5.26 Å². The Morgan fingerprint density at radius 2 is 2.18 bits per heavy atom. The highest BCUT2D eigenvalue weighted by molar-refractivity contribution is 5.34. The molecule has 1 aromatic rings. The second kappa shape index (κ2) is 6.03. The van der Waals surface area contributed by atoms with E-state index in [-0.39, 0.29) is 11.6 Å². The van der Waals surface area contributed by atoms with E-state index in [0.717, 1.165) is 5.56 Å². The third kappa shape index (κ3) is 3.59. The summed E-state index contributed by atoms with van der Waals surface area (Å²) in [7, 11) is 0. The van der Waals surface area contributed by atoms with Gasteiger partial charge >= 0.3 is 0 Å². The molecule has 0 radical (unpaired) electrons. The highest BCUT2D eigenvalue weighted by atomic mass is 19.1. The monoisotopic (exact) mass is 230 g/mol. The number of nitrogens with zero attached hydrogens (tertiary/aromatic N) is 1. The molecule has 1 rings (SSSR count). The molecule has 3 heteroatoms. The Hall–Kier alpha value is -1.84. The Morgan fingerprint density at radius 3 is 2.71 bits per heavy atom. The van der Waals surface area contributed by atoms with Crippen molar-refractivity contribution in [2.24, 2.45) is 5.92 Å². The summed E-state index contributed by atoms with van der Waals surface area (Å²) in [5.74, 6) is 2.50. The fourth-order valence-electron chi connectivity index (χ4n) is 1.48. The second-order valence-electron chi connectivity index (χ2n) is 4.20. The standard InChI is InChI=1S/C14H15FN2/c1-4-14(10(2)3)17-9-11-5-6-13(15)12(7-11)8-16/h1,5-7,10,14,17H,9H2,2-3H3. The zero-order valence-corrected chi connectivity index (χ0v) is 10.00. The van der Waals surface area contributed by atoms with Crippen LogP contribution in [-0.4, -0.2) is 6.04 Å². The van der Waals surface area contributed by atoms with E-state index in [1.54, 1.807) is 6.07 Å². The first kappa shape index (κ1) is 13.2. The van der Waals surface area contributed by atoms with Crippen LogP contribution in [0, 0.1) is 35.4 Å². The van der Waals surface area contributed by atoms with Crippen molar-refractivity contribution in [1.29, 1.82) is 5.26 Å². The maximum absolute atomic E-state index is 13.1. The van der Waals surface area contributed by atoms with Gasteiger partial charge in [0.05, 0.1) is 11.6 Å². The molecule has 0 saturated heterocycles. The number of benzene rings is 1. The summed E-state index contributed by atoms with van der Waals surface area (Å²) < 4.78 is 13.1. The zero-order chi connectivity index (χ0) is 12.8. The first-order valence-corrected chi connectivity index (χ1v) is 5.46. The van der Waals surface area contributed by atoms with Crippen LogP contribution < -0.4 is 5.32 Å². The lowest BCUT2D eigenvalue weighted by Gasteiger charge is -2.16. The summed E-state index contributed by atoms with van der Waals surface area (Å²) in [6.45, 7) is 4.59. The van der Waals surface area contributed by atoms with Crippen molar-refractivity contribution in [3.63, 3.8) is 0 Å². The molecule has 0 aliphatic heterocycles. The van der Waals surface area contributed by atoms with Crippen molar-refractivity contribution >= 4 is 0 Å². The van der Waals surface area contributed by atoms with E-state index in [1.807, 2.05) is 19.9 Å². The molecule has 1 aromatic carbocycles. The number of halogens is 1. The molecule has 0 heterocycles. The van der Waals surface area contributed by atoms with Crippen LogP contribution in [0.3, 0.4) is 0 Å². The molecular weight excluding hydrogens is 215 g/mol. The SMILES string of the molecule is C#CC(NCc1ccc(F)c(C#N)c1)C(C)C.